The number of aryl methyl sites for hydroxylation is 1. The van der Waals surface area contributed by atoms with Crippen molar-refractivity contribution in [1.29, 1.82) is 0 Å². The van der Waals surface area contributed by atoms with Crippen LogP contribution in [0.3, 0.4) is 0 Å². The molecule has 1 aromatic rings. The molecule has 0 saturated carbocycles. The number of rotatable bonds is 4. The molecule has 1 N–H and O–H groups in total. The molecule has 4 heteroatoms. The lowest BCUT2D eigenvalue weighted by atomic mass is 9.88. The van der Waals surface area contributed by atoms with Gasteiger partial charge in [-0.1, -0.05) is 13.3 Å². The summed E-state index contributed by atoms with van der Waals surface area (Å²) in [5.41, 5.74) is 1.25. The number of carbonyl (C=O) groups is 1. The van der Waals surface area contributed by atoms with Crippen molar-refractivity contribution in [3.8, 4) is 0 Å². The van der Waals surface area contributed by atoms with Crippen molar-refractivity contribution in [2.24, 2.45) is 5.92 Å². The fourth-order valence-electron chi connectivity index (χ4n) is 2.62. The number of nitrogens with zero attached hydrogens (tertiary/aromatic N) is 2. The maximum absolute atomic E-state index is 12.2. The summed E-state index contributed by atoms with van der Waals surface area (Å²) in [5.74, 6) is 0.863. The first kappa shape index (κ1) is 13.1. The molecule has 1 aliphatic heterocycles. The Morgan fingerprint density at radius 2 is 2.22 bits per heavy atom. The van der Waals surface area contributed by atoms with E-state index >= 15 is 0 Å². The van der Waals surface area contributed by atoms with Crippen LogP contribution < -0.4 is 5.32 Å². The standard InChI is InChI=1S/C14H21N3O/c1-3-11-4-5-16-12(8-11)9-13(18)14-10(2)15-6-7-17-14/h6-7,11-12,16H,3-5,8-9H2,1-2H3. The van der Waals surface area contributed by atoms with Gasteiger partial charge in [-0.15, -0.1) is 0 Å². The number of hydrogen-bond acceptors (Lipinski definition) is 4. The summed E-state index contributed by atoms with van der Waals surface area (Å²) in [6.45, 7) is 5.08. The van der Waals surface area contributed by atoms with Gasteiger partial charge < -0.3 is 5.32 Å². The minimum absolute atomic E-state index is 0.106. The van der Waals surface area contributed by atoms with E-state index in [9.17, 15) is 4.79 Å². The van der Waals surface area contributed by atoms with E-state index in [1.54, 1.807) is 12.4 Å². The first-order valence-corrected chi connectivity index (χ1v) is 6.75. The molecule has 1 aliphatic rings. The van der Waals surface area contributed by atoms with Gasteiger partial charge in [-0.05, 0) is 32.2 Å². The van der Waals surface area contributed by atoms with Crippen molar-refractivity contribution in [1.82, 2.24) is 15.3 Å². The summed E-state index contributed by atoms with van der Waals surface area (Å²) in [7, 11) is 0. The molecule has 0 aliphatic carbocycles. The number of hydrogen-bond donors (Lipinski definition) is 1. The molecule has 1 fully saturated rings. The monoisotopic (exact) mass is 247 g/mol. The summed E-state index contributed by atoms with van der Waals surface area (Å²) in [4.78, 5) is 20.4. The van der Waals surface area contributed by atoms with E-state index < -0.39 is 0 Å². The fourth-order valence-corrected chi connectivity index (χ4v) is 2.62. The van der Waals surface area contributed by atoms with Gasteiger partial charge in [0.05, 0.1) is 5.69 Å². The van der Waals surface area contributed by atoms with Crippen LogP contribution >= 0.6 is 0 Å². The van der Waals surface area contributed by atoms with Gasteiger partial charge in [0.1, 0.15) is 5.69 Å². The highest BCUT2D eigenvalue weighted by molar-refractivity contribution is 5.95. The first-order chi connectivity index (χ1) is 8.70. The van der Waals surface area contributed by atoms with Crippen LogP contribution in [0, 0.1) is 12.8 Å². The average Bonchev–Trinajstić information content (AvgIpc) is 2.39. The molecule has 0 amide bonds. The smallest absolute Gasteiger partial charge is 0.184 e. The van der Waals surface area contributed by atoms with Gasteiger partial charge in [0.2, 0.25) is 0 Å². The SMILES string of the molecule is CCC1CCNC(CC(=O)c2nccnc2C)C1. The van der Waals surface area contributed by atoms with Crippen molar-refractivity contribution in [3.05, 3.63) is 23.8 Å². The molecule has 2 rings (SSSR count). The first-order valence-electron chi connectivity index (χ1n) is 6.75. The Bertz CT molecular complexity index is 419. The van der Waals surface area contributed by atoms with Crippen LogP contribution in [-0.2, 0) is 0 Å². The summed E-state index contributed by atoms with van der Waals surface area (Å²) in [5, 5.41) is 3.43. The Balaban J connectivity index is 1.97. The normalized spacial score (nSPS) is 23.9. The summed E-state index contributed by atoms with van der Waals surface area (Å²) in [6, 6.07) is 0.303. The number of ketones is 1. The third-order valence-corrected chi connectivity index (χ3v) is 3.76. The van der Waals surface area contributed by atoms with Crippen LogP contribution in [0.15, 0.2) is 12.4 Å². The maximum atomic E-state index is 12.2. The Hall–Kier alpha value is -1.29. The lowest BCUT2D eigenvalue weighted by Crippen LogP contribution is -2.39. The lowest BCUT2D eigenvalue weighted by molar-refractivity contribution is 0.0951. The highest BCUT2D eigenvalue weighted by Crippen LogP contribution is 2.21. The van der Waals surface area contributed by atoms with Crippen molar-refractivity contribution < 1.29 is 4.79 Å². The van der Waals surface area contributed by atoms with Crippen LogP contribution in [0.5, 0.6) is 0 Å². The minimum atomic E-state index is 0.106. The molecule has 4 nitrogen and oxygen atoms in total. The molecule has 18 heavy (non-hydrogen) atoms. The average molecular weight is 247 g/mol. The van der Waals surface area contributed by atoms with E-state index in [4.69, 9.17) is 0 Å². The van der Waals surface area contributed by atoms with Crippen LogP contribution in [-0.4, -0.2) is 28.3 Å². The number of piperidine rings is 1. The molecule has 2 atom stereocenters. The van der Waals surface area contributed by atoms with E-state index in [2.05, 4.69) is 22.2 Å². The highest BCUT2D eigenvalue weighted by atomic mass is 16.1. The molecule has 0 spiro atoms. The van der Waals surface area contributed by atoms with Gasteiger partial charge in [0, 0.05) is 24.9 Å². The molecule has 1 saturated heterocycles. The summed E-state index contributed by atoms with van der Waals surface area (Å²) >= 11 is 0. The molecule has 0 aromatic carbocycles. The van der Waals surface area contributed by atoms with E-state index in [-0.39, 0.29) is 5.78 Å². The number of Topliss-reactive ketones (excluding diaryl/α,β-unsaturated/α-hetero) is 1. The molecular formula is C14H21N3O. The van der Waals surface area contributed by atoms with Gasteiger partial charge >= 0.3 is 0 Å². The summed E-state index contributed by atoms with van der Waals surface area (Å²) in [6.07, 6.45) is 7.28. The molecule has 2 heterocycles. The van der Waals surface area contributed by atoms with E-state index in [1.807, 2.05) is 6.92 Å². The predicted octanol–water partition coefficient (Wildman–Crippen LogP) is 2.14. The lowest BCUT2D eigenvalue weighted by Gasteiger charge is -2.29. The summed E-state index contributed by atoms with van der Waals surface area (Å²) < 4.78 is 0. The molecule has 1 aromatic heterocycles. The Morgan fingerprint density at radius 3 is 2.94 bits per heavy atom. The second-order valence-electron chi connectivity index (χ2n) is 5.07. The number of aromatic nitrogens is 2. The largest absolute Gasteiger partial charge is 0.314 e. The van der Waals surface area contributed by atoms with Gasteiger partial charge in [0.25, 0.3) is 0 Å². The highest BCUT2D eigenvalue weighted by Gasteiger charge is 2.23. The predicted molar refractivity (Wildman–Crippen MR) is 70.5 cm³/mol. The van der Waals surface area contributed by atoms with Gasteiger partial charge in [-0.2, -0.15) is 0 Å². The van der Waals surface area contributed by atoms with Crippen LogP contribution in [0.1, 0.15) is 48.8 Å². The van der Waals surface area contributed by atoms with E-state index in [0.29, 0.717) is 18.2 Å². The third-order valence-electron chi connectivity index (χ3n) is 3.76. The van der Waals surface area contributed by atoms with Crippen LogP contribution in [0.2, 0.25) is 0 Å². The number of nitrogens with one attached hydrogen (secondary N) is 1. The van der Waals surface area contributed by atoms with Crippen molar-refractivity contribution >= 4 is 5.78 Å². The Kier molecular flexibility index (Phi) is 4.42. The van der Waals surface area contributed by atoms with Gasteiger partial charge in [-0.25, -0.2) is 4.98 Å². The fraction of sp³-hybridized carbons (Fsp3) is 0.643. The van der Waals surface area contributed by atoms with Crippen LogP contribution in [0.25, 0.3) is 0 Å². The molecular weight excluding hydrogens is 226 g/mol. The minimum Gasteiger partial charge on any atom is -0.314 e. The second-order valence-corrected chi connectivity index (χ2v) is 5.07. The Labute approximate surface area is 108 Å². The zero-order chi connectivity index (χ0) is 13.0. The third kappa shape index (κ3) is 3.13. The second kappa shape index (κ2) is 6.05. The van der Waals surface area contributed by atoms with Crippen molar-refractivity contribution in [2.45, 2.75) is 45.6 Å². The van der Waals surface area contributed by atoms with Crippen molar-refractivity contribution in [2.75, 3.05) is 6.54 Å². The zero-order valence-corrected chi connectivity index (χ0v) is 11.1. The van der Waals surface area contributed by atoms with E-state index in [0.717, 1.165) is 24.6 Å². The van der Waals surface area contributed by atoms with E-state index in [1.165, 1.54) is 12.8 Å². The molecule has 98 valence electrons. The maximum Gasteiger partial charge on any atom is 0.184 e. The molecule has 0 bridgehead atoms. The molecule has 2 unspecified atom stereocenters. The van der Waals surface area contributed by atoms with Crippen molar-refractivity contribution in [3.63, 3.8) is 0 Å². The topological polar surface area (TPSA) is 54.9 Å². The van der Waals surface area contributed by atoms with Gasteiger partial charge in [-0.3, -0.25) is 9.78 Å². The zero-order valence-electron chi connectivity index (χ0n) is 11.1. The molecule has 0 radical (unpaired) electrons. The Morgan fingerprint density at radius 1 is 1.44 bits per heavy atom. The number of carbonyl (C=O) groups excluding carboxylic acids is 1. The quantitative estimate of drug-likeness (QED) is 0.828. The van der Waals surface area contributed by atoms with Crippen LogP contribution in [0.4, 0.5) is 0 Å². The van der Waals surface area contributed by atoms with Gasteiger partial charge in [0.15, 0.2) is 5.78 Å².